The molecule has 0 bridgehead atoms. The zero-order valence-corrected chi connectivity index (χ0v) is 17.1. The first-order chi connectivity index (χ1) is 13.5. The van der Waals surface area contributed by atoms with Crippen molar-refractivity contribution in [2.45, 2.75) is 11.5 Å². The molecule has 1 aliphatic rings. The van der Waals surface area contributed by atoms with Crippen LogP contribution < -0.4 is 0 Å². The van der Waals surface area contributed by atoms with E-state index in [0.29, 0.717) is 32.0 Å². The van der Waals surface area contributed by atoms with Crippen LogP contribution in [0.1, 0.15) is 16.2 Å². The molecule has 148 valence electrons. The molecule has 1 saturated heterocycles. The van der Waals surface area contributed by atoms with Gasteiger partial charge in [0.25, 0.3) is 0 Å². The van der Waals surface area contributed by atoms with Crippen LogP contribution in [0.3, 0.4) is 0 Å². The van der Waals surface area contributed by atoms with Gasteiger partial charge in [0.2, 0.25) is 10.0 Å². The fraction of sp³-hybridized carbons (Fsp3) is 0.294. The minimum absolute atomic E-state index is 0.0191. The van der Waals surface area contributed by atoms with Gasteiger partial charge in [0.1, 0.15) is 22.2 Å². The highest BCUT2D eigenvalue weighted by Crippen LogP contribution is 2.28. The number of carbonyl (C=O) groups is 1. The molecule has 1 fully saturated rings. The third kappa shape index (κ3) is 4.03. The Bertz CT molecular complexity index is 1050. The fourth-order valence-corrected chi connectivity index (χ4v) is 5.70. The lowest BCUT2D eigenvalue weighted by atomic mass is 10.4. The van der Waals surface area contributed by atoms with Crippen LogP contribution in [0, 0.1) is 0 Å². The summed E-state index contributed by atoms with van der Waals surface area (Å²) in [4.78, 5) is 20.5. The van der Waals surface area contributed by atoms with Gasteiger partial charge in [0.05, 0.1) is 23.8 Å². The van der Waals surface area contributed by atoms with E-state index in [0.717, 1.165) is 9.88 Å². The average Bonchev–Trinajstić information content (AvgIpc) is 3.48. The number of morpholine rings is 1. The van der Waals surface area contributed by atoms with Crippen molar-refractivity contribution in [3.05, 3.63) is 46.5 Å². The van der Waals surface area contributed by atoms with Crippen LogP contribution in [0.15, 0.2) is 40.1 Å². The van der Waals surface area contributed by atoms with Crippen molar-refractivity contribution in [3.8, 4) is 9.88 Å². The molecule has 0 spiro atoms. The molecular formula is C17H17N3O5S3. The molecule has 0 saturated carbocycles. The monoisotopic (exact) mass is 439 g/mol. The van der Waals surface area contributed by atoms with E-state index >= 15 is 0 Å². The smallest absolute Gasteiger partial charge is 0.355 e. The molecule has 4 rings (SSSR count). The minimum atomic E-state index is -3.66. The highest BCUT2D eigenvalue weighted by atomic mass is 32.2. The molecule has 4 heterocycles. The number of ether oxygens (including phenoxy) is 2. The van der Waals surface area contributed by atoms with Gasteiger partial charge in [-0.1, -0.05) is 6.07 Å². The lowest BCUT2D eigenvalue weighted by Crippen LogP contribution is -2.40. The Morgan fingerprint density at radius 3 is 2.89 bits per heavy atom. The van der Waals surface area contributed by atoms with Crippen molar-refractivity contribution in [1.29, 1.82) is 0 Å². The summed E-state index contributed by atoms with van der Waals surface area (Å²) in [6.45, 7) is 1.33. The Kier molecular flexibility index (Phi) is 5.60. The Hall–Kier alpha value is -2.05. The average molecular weight is 440 g/mol. The highest BCUT2D eigenvalue weighted by Gasteiger charge is 2.28. The summed E-state index contributed by atoms with van der Waals surface area (Å²) >= 11 is 3.08. The molecule has 0 amide bonds. The maximum absolute atomic E-state index is 12.6. The third-order valence-corrected chi connectivity index (χ3v) is 7.93. The van der Waals surface area contributed by atoms with Gasteiger partial charge in [-0.3, -0.25) is 0 Å². The third-order valence-electron chi connectivity index (χ3n) is 4.12. The fourth-order valence-electron chi connectivity index (χ4n) is 2.68. The zero-order chi connectivity index (χ0) is 19.6. The van der Waals surface area contributed by atoms with Crippen LogP contribution in [0.5, 0.6) is 0 Å². The van der Waals surface area contributed by atoms with E-state index < -0.39 is 16.0 Å². The predicted molar refractivity (Wildman–Crippen MR) is 105 cm³/mol. The van der Waals surface area contributed by atoms with E-state index in [1.54, 1.807) is 11.3 Å². The van der Waals surface area contributed by atoms with Crippen molar-refractivity contribution in [2.24, 2.45) is 0 Å². The SMILES string of the molecule is O=C(OCc1csc(-c2cccs2)n1)c1cc(S(=O)(=O)N2CCOCC2)c[nH]1. The van der Waals surface area contributed by atoms with Crippen molar-refractivity contribution >= 4 is 38.7 Å². The van der Waals surface area contributed by atoms with Gasteiger partial charge >= 0.3 is 5.97 Å². The molecule has 28 heavy (non-hydrogen) atoms. The summed E-state index contributed by atoms with van der Waals surface area (Å²) in [6.07, 6.45) is 1.30. The number of aromatic nitrogens is 2. The standard InChI is InChI=1S/C17H17N3O5S3/c21-17(25-10-12-11-27-16(19-12)15-2-1-7-26-15)14-8-13(9-18-14)28(22,23)20-3-5-24-6-4-20/h1-2,7-9,11,18H,3-6,10H2. The molecule has 3 aromatic heterocycles. The number of hydrogen-bond acceptors (Lipinski definition) is 8. The molecule has 3 aromatic rings. The Labute approximate surface area is 169 Å². The summed E-state index contributed by atoms with van der Waals surface area (Å²) in [7, 11) is -3.66. The second-order valence-corrected chi connectivity index (χ2v) is 9.71. The normalized spacial score (nSPS) is 15.6. The Morgan fingerprint density at radius 1 is 1.32 bits per heavy atom. The van der Waals surface area contributed by atoms with Gasteiger partial charge < -0.3 is 14.5 Å². The van der Waals surface area contributed by atoms with Crippen LogP contribution in [0.25, 0.3) is 9.88 Å². The Balaban J connectivity index is 1.39. The number of esters is 1. The van der Waals surface area contributed by atoms with Crippen LogP contribution in [0.4, 0.5) is 0 Å². The van der Waals surface area contributed by atoms with Gasteiger partial charge in [-0.15, -0.1) is 22.7 Å². The maximum Gasteiger partial charge on any atom is 0.355 e. The molecule has 0 aliphatic carbocycles. The number of sulfonamides is 1. The number of carbonyl (C=O) groups excluding carboxylic acids is 1. The van der Waals surface area contributed by atoms with Crippen LogP contribution in [-0.4, -0.2) is 55.0 Å². The predicted octanol–water partition coefficient (Wildman–Crippen LogP) is 2.58. The topological polar surface area (TPSA) is 102 Å². The molecular weight excluding hydrogens is 422 g/mol. The number of thiazole rings is 1. The first-order valence-electron chi connectivity index (χ1n) is 8.46. The number of H-pyrrole nitrogens is 1. The molecule has 0 radical (unpaired) electrons. The van der Waals surface area contributed by atoms with E-state index in [-0.39, 0.29) is 17.2 Å². The quantitative estimate of drug-likeness (QED) is 0.593. The van der Waals surface area contributed by atoms with Crippen molar-refractivity contribution < 1.29 is 22.7 Å². The number of hydrogen-bond donors (Lipinski definition) is 1. The first-order valence-corrected chi connectivity index (χ1v) is 11.7. The number of nitrogens with one attached hydrogen (secondary N) is 1. The van der Waals surface area contributed by atoms with Crippen molar-refractivity contribution in [3.63, 3.8) is 0 Å². The van der Waals surface area contributed by atoms with Gasteiger partial charge in [-0.2, -0.15) is 4.31 Å². The lowest BCUT2D eigenvalue weighted by Gasteiger charge is -2.25. The van der Waals surface area contributed by atoms with Crippen LogP contribution >= 0.6 is 22.7 Å². The van der Waals surface area contributed by atoms with Crippen molar-refractivity contribution in [1.82, 2.24) is 14.3 Å². The minimum Gasteiger partial charge on any atom is -0.454 e. The number of thiophene rings is 1. The largest absolute Gasteiger partial charge is 0.454 e. The van der Waals surface area contributed by atoms with Gasteiger partial charge in [0.15, 0.2) is 0 Å². The molecule has 1 N–H and O–H groups in total. The zero-order valence-electron chi connectivity index (χ0n) is 14.7. The number of rotatable bonds is 6. The first kappa shape index (κ1) is 19.3. The molecule has 0 unspecified atom stereocenters. The summed E-state index contributed by atoms with van der Waals surface area (Å²) < 4.78 is 37.0. The van der Waals surface area contributed by atoms with Gasteiger partial charge in [-0.05, 0) is 17.5 Å². The second kappa shape index (κ2) is 8.13. The van der Waals surface area contributed by atoms with E-state index in [2.05, 4.69) is 9.97 Å². The van der Waals surface area contributed by atoms with E-state index in [1.165, 1.54) is 27.9 Å². The molecule has 0 aromatic carbocycles. The van der Waals surface area contributed by atoms with Gasteiger partial charge in [0, 0.05) is 24.7 Å². The number of aromatic amines is 1. The summed E-state index contributed by atoms with van der Waals surface area (Å²) in [5.41, 5.74) is 0.731. The second-order valence-electron chi connectivity index (χ2n) is 5.96. The van der Waals surface area contributed by atoms with Crippen LogP contribution in [-0.2, 0) is 26.1 Å². The summed E-state index contributed by atoms with van der Waals surface area (Å²) in [5.74, 6) is -0.630. The molecule has 8 nitrogen and oxygen atoms in total. The molecule has 1 aliphatic heterocycles. The van der Waals surface area contributed by atoms with E-state index in [9.17, 15) is 13.2 Å². The van der Waals surface area contributed by atoms with Crippen molar-refractivity contribution in [2.75, 3.05) is 26.3 Å². The summed E-state index contributed by atoms with van der Waals surface area (Å²) in [5, 5.41) is 4.69. The maximum atomic E-state index is 12.6. The molecule has 0 atom stereocenters. The van der Waals surface area contributed by atoms with Gasteiger partial charge in [-0.25, -0.2) is 18.2 Å². The molecule has 11 heteroatoms. The van der Waals surface area contributed by atoms with E-state index in [4.69, 9.17) is 9.47 Å². The number of nitrogens with zero attached hydrogens (tertiary/aromatic N) is 2. The van der Waals surface area contributed by atoms with Crippen LogP contribution in [0.2, 0.25) is 0 Å². The lowest BCUT2D eigenvalue weighted by molar-refractivity contribution is 0.0462. The highest BCUT2D eigenvalue weighted by molar-refractivity contribution is 7.89. The van der Waals surface area contributed by atoms with E-state index in [1.807, 2.05) is 22.9 Å². The Morgan fingerprint density at radius 2 is 2.14 bits per heavy atom. The summed E-state index contributed by atoms with van der Waals surface area (Å²) in [6, 6.07) is 5.23.